The molecule has 0 aliphatic carbocycles. The number of rotatable bonds is 24. The van der Waals surface area contributed by atoms with Crippen LogP contribution in [0.15, 0.2) is 0 Å². The summed E-state index contributed by atoms with van der Waals surface area (Å²) in [5.74, 6) is -0.556. The Labute approximate surface area is 201 Å². The van der Waals surface area contributed by atoms with Crippen LogP contribution in [0, 0.1) is 0 Å². The molecule has 0 spiro atoms. The second-order valence-electron chi connectivity index (χ2n) is 9.35. The molecule has 0 saturated carbocycles. The van der Waals surface area contributed by atoms with Crippen molar-refractivity contribution in [1.29, 1.82) is 0 Å². The third-order valence-corrected chi connectivity index (χ3v) is 6.26. The fraction of sp³-hybridized carbons (Fsp3) is 0.962. The van der Waals surface area contributed by atoms with Crippen LogP contribution in [0.25, 0.3) is 0 Å². The van der Waals surface area contributed by atoms with Crippen molar-refractivity contribution in [3.8, 4) is 0 Å². The van der Waals surface area contributed by atoms with Gasteiger partial charge in [-0.2, -0.15) is 0 Å². The molecule has 0 rings (SSSR count). The van der Waals surface area contributed by atoms with Crippen molar-refractivity contribution in [3.05, 3.63) is 0 Å². The van der Waals surface area contributed by atoms with E-state index in [0.29, 0.717) is 6.42 Å². The van der Waals surface area contributed by atoms with Crippen molar-refractivity contribution in [2.24, 2.45) is 0 Å². The number of aliphatic hydroxyl groups is 5. The highest BCUT2D eigenvalue weighted by Gasteiger charge is 2.33. The van der Waals surface area contributed by atoms with E-state index in [-0.39, 0.29) is 6.42 Å². The molecule has 0 bridgehead atoms. The number of ether oxygens (including phenoxy) is 1. The molecule has 0 amide bonds. The summed E-state index contributed by atoms with van der Waals surface area (Å²) in [6.45, 7) is 0.832. The molecular weight excluding hydrogens is 424 g/mol. The zero-order chi connectivity index (χ0) is 24.7. The third kappa shape index (κ3) is 18.3. The lowest BCUT2D eigenvalue weighted by Gasteiger charge is -2.27. The Kier molecular flexibility index (Phi) is 22.5. The topological polar surface area (TPSA) is 127 Å². The second-order valence-corrected chi connectivity index (χ2v) is 9.35. The Balaban J connectivity index is 3.54. The Morgan fingerprint density at radius 3 is 1.36 bits per heavy atom. The molecule has 0 fully saturated rings. The van der Waals surface area contributed by atoms with Gasteiger partial charge in [0.15, 0.2) is 6.10 Å². The lowest BCUT2D eigenvalue weighted by atomic mass is 10.0. The minimum Gasteiger partial charge on any atom is -0.457 e. The van der Waals surface area contributed by atoms with Crippen LogP contribution in [-0.4, -0.2) is 69.1 Å². The molecular formula is C26H52O7. The molecule has 4 atom stereocenters. The predicted octanol–water partition coefficient (Wildman–Crippen LogP) is 4.01. The fourth-order valence-corrected chi connectivity index (χ4v) is 3.99. The van der Waals surface area contributed by atoms with Crippen LogP contribution in [0.1, 0.15) is 122 Å². The molecule has 7 heteroatoms. The maximum atomic E-state index is 11.9. The van der Waals surface area contributed by atoms with Crippen LogP contribution in [0.5, 0.6) is 0 Å². The summed E-state index contributed by atoms with van der Waals surface area (Å²) in [4.78, 5) is 11.9. The van der Waals surface area contributed by atoms with Gasteiger partial charge >= 0.3 is 5.97 Å². The van der Waals surface area contributed by atoms with Crippen molar-refractivity contribution in [1.82, 2.24) is 0 Å². The van der Waals surface area contributed by atoms with Gasteiger partial charge in [-0.25, -0.2) is 0 Å². The third-order valence-electron chi connectivity index (χ3n) is 6.26. The maximum absolute atomic E-state index is 11.9. The monoisotopic (exact) mass is 476 g/mol. The Morgan fingerprint density at radius 2 is 1.00 bits per heavy atom. The van der Waals surface area contributed by atoms with Gasteiger partial charge in [0, 0.05) is 6.42 Å². The predicted molar refractivity (Wildman–Crippen MR) is 131 cm³/mol. The normalized spacial score (nSPS) is 15.2. The van der Waals surface area contributed by atoms with E-state index < -0.39 is 43.6 Å². The molecule has 198 valence electrons. The van der Waals surface area contributed by atoms with Crippen LogP contribution in [0.2, 0.25) is 0 Å². The average Bonchev–Trinajstić information content (AvgIpc) is 2.82. The van der Waals surface area contributed by atoms with Crippen molar-refractivity contribution in [2.75, 3.05) is 13.2 Å². The lowest BCUT2D eigenvalue weighted by Crippen LogP contribution is -2.48. The van der Waals surface area contributed by atoms with Crippen molar-refractivity contribution in [3.63, 3.8) is 0 Å². The molecule has 5 N–H and O–H groups in total. The molecule has 0 unspecified atom stereocenters. The summed E-state index contributed by atoms with van der Waals surface area (Å²) in [5.41, 5.74) is 0. The number of esters is 1. The summed E-state index contributed by atoms with van der Waals surface area (Å²) in [5, 5.41) is 47.0. The summed E-state index contributed by atoms with van der Waals surface area (Å²) >= 11 is 0. The van der Waals surface area contributed by atoms with Gasteiger partial charge in [-0.1, -0.05) is 110 Å². The van der Waals surface area contributed by atoms with E-state index in [2.05, 4.69) is 6.92 Å². The Morgan fingerprint density at radius 1 is 0.606 bits per heavy atom. The largest absolute Gasteiger partial charge is 0.457 e. The summed E-state index contributed by atoms with van der Waals surface area (Å²) < 4.78 is 5.01. The number of carbonyl (C=O) groups is 1. The summed E-state index contributed by atoms with van der Waals surface area (Å²) in [6, 6.07) is 0. The van der Waals surface area contributed by atoms with Crippen LogP contribution in [-0.2, 0) is 9.53 Å². The van der Waals surface area contributed by atoms with Crippen molar-refractivity contribution in [2.45, 2.75) is 147 Å². The van der Waals surface area contributed by atoms with Gasteiger partial charge in [0.25, 0.3) is 0 Å². The highest BCUT2D eigenvalue weighted by atomic mass is 16.6. The zero-order valence-corrected chi connectivity index (χ0v) is 21.0. The SMILES string of the molecule is CCCCCCCCCCCCCCCCCCCC(=O)O[C@H](CO)[C@@H](O)[C@H](O)[C@H](O)CO. The summed E-state index contributed by atoms with van der Waals surface area (Å²) in [7, 11) is 0. The summed E-state index contributed by atoms with van der Waals surface area (Å²) in [6.07, 6.45) is 15.3. The first-order chi connectivity index (χ1) is 16.0. The minimum absolute atomic E-state index is 0.181. The molecule has 0 aromatic carbocycles. The number of hydrogen-bond acceptors (Lipinski definition) is 7. The molecule has 0 radical (unpaired) electrons. The van der Waals surface area contributed by atoms with Crippen LogP contribution >= 0.6 is 0 Å². The van der Waals surface area contributed by atoms with Gasteiger partial charge in [-0.15, -0.1) is 0 Å². The molecule has 0 aromatic rings. The molecule has 0 saturated heterocycles. The van der Waals surface area contributed by atoms with Gasteiger partial charge in [-0.05, 0) is 6.42 Å². The standard InChI is InChI=1S/C26H52O7/c1-2-3-4-5-6-7-8-9-10-11-12-13-14-15-16-17-18-19-24(30)33-23(21-28)26(32)25(31)22(29)20-27/h22-23,25-29,31-32H,2-21H2,1H3/t22-,23-,25-,26-/m1/s1. The number of aliphatic hydroxyl groups excluding tert-OH is 5. The van der Waals surface area contributed by atoms with Crippen LogP contribution < -0.4 is 0 Å². The van der Waals surface area contributed by atoms with Crippen LogP contribution in [0.3, 0.4) is 0 Å². The molecule has 0 aliphatic rings. The van der Waals surface area contributed by atoms with Gasteiger partial charge in [-0.3, -0.25) is 4.79 Å². The van der Waals surface area contributed by atoms with E-state index in [1.54, 1.807) is 0 Å². The van der Waals surface area contributed by atoms with E-state index in [1.807, 2.05) is 0 Å². The Hall–Kier alpha value is -0.730. The molecule has 0 aliphatic heterocycles. The number of carbonyl (C=O) groups excluding carboxylic acids is 1. The van der Waals surface area contributed by atoms with Gasteiger partial charge in [0.2, 0.25) is 0 Å². The second kappa shape index (κ2) is 23.0. The molecule has 7 nitrogen and oxygen atoms in total. The first kappa shape index (κ1) is 32.3. The average molecular weight is 477 g/mol. The first-order valence-corrected chi connectivity index (χ1v) is 13.4. The van der Waals surface area contributed by atoms with E-state index in [9.17, 15) is 25.2 Å². The minimum atomic E-state index is -1.71. The number of hydrogen-bond donors (Lipinski definition) is 5. The zero-order valence-electron chi connectivity index (χ0n) is 21.0. The van der Waals surface area contributed by atoms with Crippen molar-refractivity contribution < 1.29 is 35.1 Å². The van der Waals surface area contributed by atoms with E-state index in [1.165, 1.54) is 83.5 Å². The highest BCUT2D eigenvalue weighted by molar-refractivity contribution is 5.69. The number of unbranched alkanes of at least 4 members (excludes halogenated alkanes) is 16. The van der Waals surface area contributed by atoms with Gasteiger partial charge < -0.3 is 30.3 Å². The Bertz CT molecular complexity index is 433. The van der Waals surface area contributed by atoms with E-state index in [4.69, 9.17) is 9.84 Å². The molecule has 0 heterocycles. The highest BCUT2D eigenvalue weighted by Crippen LogP contribution is 2.15. The van der Waals surface area contributed by atoms with Crippen molar-refractivity contribution >= 4 is 5.97 Å². The quantitative estimate of drug-likeness (QED) is 0.105. The molecule has 33 heavy (non-hydrogen) atoms. The molecule has 0 aromatic heterocycles. The maximum Gasteiger partial charge on any atom is 0.306 e. The van der Waals surface area contributed by atoms with E-state index >= 15 is 0 Å². The van der Waals surface area contributed by atoms with Gasteiger partial charge in [0.05, 0.1) is 13.2 Å². The smallest absolute Gasteiger partial charge is 0.306 e. The fourth-order valence-electron chi connectivity index (χ4n) is 3.99. The first-order valence-electron chi connectivity index (χ1n) is 13.4. The van der Waals surface area contributed by atoms with Gasteiger partial charge in [0.1, 0.15) is 18.3 Å². The lowest BCUT2D eigenvalue weighted by molar-refractivity contribution is -0.171. The van der Waals surface area contributed by atoms with Crippen LogP contribution in [0.4, 0.5) is 0 Å². The van der Waals surface area contributed by atoms with E-state index in [0.717, 1.165) is 19.3 Å².